The van der Waals surface area contributed by atoms with E-state index in [-0.39, 0.29) is 29.8 Å². The number of carbonyl (C=O) groups is 1. The minimum atomic E-state index is -0.234. The van der Waals surface area contributed by atoms with E-state index in [1.165, 1.54) is 5.56 Å². The van der Waals surface area contributed by atoms with Gasteiger partial charge in [0, 0.05) is 45.0 Å². The van der Waals surface area contributed by atoms with Crippen LogP contribution < -0.4 is 16.4 Å². The molecule has 4 N–H and O–H groups in total. The number of nitrogens with zero attached hydrogens (tertiary/aromatic N) is 3. The Morgan fingerprint density at radius 2 is 2.13 bits per heavy atom. The Bertz CT molecular complexity index is 930. The molecule has 1 unspecified atom stereocenters. The molecule has 0 bridgehead atoms. The molecular formula is C22H28N6O2. The third kappa shape index (κ3) is 4.60. The molecule has 1 aromatic carbocycles. The van der Waals surface area contributed by atoms with E-state index in [2.05, 4.69) is 51.9 Å². The van der Waals surface area contributed by atoms with Gasteiger partial charge < -0.3 is 21.1 Å². The lowest BCUT2D eigenvalue weighted by Crippen LogP contribution is -2.44. The first kappa shape index (κ1) is 20.3. The lowest BCUT2D eigenvalue weighted by molar-refractivity contribution is 0.0358. The maximum Gasteiger partial charge on any atom is 0.255 e. The third-order valence-electron chi connectivity index (χ3n) is 5.58. The fourth-order valence-electron chi connectivity index (χ4n) is 3.75. The molecule has 3 atom stereocenters. The van der Waals surface area contributed by atoms with Crippen molar-refractivity contribution in [3.63, 3.8) is 0 Å². The molecule has 0 radical (unpaired) electrons. The average Bonchev–Trinajstić information content (AvgIpc) is 3.36. The summed E-state index contributed by atoms with van der Waals surface area (Å²) in [7, 11) is 1.92. The average molecular weight is 409 g/mol. The molecule has 30 heavy (non-hydrogen) atoms. The van der Waals surface area contributed by atoms with Crippen LogP contribution in [0, 0.1) is 6.92 Å². The van der Waals surface area contributed by atoms with E-state index in [9.17, 15) is 4.79 Å². The van der Waals surface area contributed by atoms with Crippen LogP contribution in [0.15, 0.2) is 41.6 Å². The number of ether oxygens (including phenoxy) is 1. The number of carbonyl (C=O) groups excluding carboxylic acids is 1. The summed E-state index contributed by atoms with van der Waals surface area (Å²) in [5.41, 5.74) is 9.66. The zero-order valence-electron chi connectivity index (χ0n) is 17.3. The molecule has 4 rings (SSSR count). The Kier molecular flexibility index (Phi) is 5.96. The summed E-state index contributed by atoms with van der Waals surface area (Å²) in [6.45, 7) is 4.66. The molecule has 0 aliphatic carbocycles. The lowest BCUT2D eigenvalue weighted by Gasteiger charge is -2.21. The number of hydrogen-bond acceptors (Lipinski definition) is 7. The number of aromatic nitrogens is 1. The molecule has 3 heterocycles. The predicted molar refractivity (Wildman–Crippen MR) is 116 cm³/mol. The van der Waals surface area contributed by atoms with Crippen molar-refractivity contribution in [2.24, 2.45) is 5.10 Å². The van der Waals surface area contributed by atoms with Gasteiger partial charge in [0.25, 0.3) is 5.91 Å². The van der Waals surface area contributed by atoms with E-state index in [1.807, 2.05) is 24.3 Å². The van der Waals surface area contributed by atoms with Crippen LogP contribution >= 0.6 is 0 Å². The zero-order chi connectivity index (χ0) is 21.1. The molecule has 1 saturated heterocycles. The summed E-state index contributed by atoms with van der Waals surface area (Å²) in [5, 5.41) is 12.5. The summed E-state index contributed by atoms with van der Waals surface area (Å²) in [6, 6.07) is 9.95. The number of nitrogen functional groups attached to an aromatic ring is 1. The fourth-order valence-corrected chi connectivity index (χ4v) is 3.75. The number of nitrogens with one attached hydrogen (secondary N) is 2. The minimum Gasteiger partial charge on any atom is -0.383 e. The summed E-state index contributed by atoms with van der Waals surface area (Å²) in [4.78, 5) is 17.2. The van der Waals surface area contributed by atoms with Crippen LogP contribution in [0.25, 0.3) is 0 Å². The molecule has 2 aromatic rings. The van der Waals surface area contributed by atoms with Crippen molar-refractivity contribution in [1.82, 2.24) is 20.6 Å². The Labute approximate surface area is 176 Å². The minimum absolute atomic E-state index is 0.105. The molecule has 0 saturated carbocycles. The second-order valence-electron chi connectivity index (χ2n) is 7.99. The van der Waals surface area contributed by atoms with Crippen molar-refractivity contribution < 1.29 is 9.53 Å². The quantitative estimate of drug-likeness (QED) is 0.665. The van der Waals surface area contributed by atoms with Crippen molar-refractivity contribution >= 4 is 17.9 Å². The van der Waals surface area contributed by atoms with Gasteiger partial charge in [-0.15, -0.1) is 0 Å². The largest absolute Gasteiger partial charge is 0.383 e. The Morgan fingerprint density at radius 1 is 1.33 bits per heavy atom. The van der Waals surface area contributed by atoms with Crippen molar-refractivity contribution in [3.05, 3.63) is 58.8 Å². The van der Waals surface area contributed by atoms with E-state index in [0.29, 0.717) is 25.3 Å². The molecule has 1 aromatic heterocycles. The van der Waals surface area contributed by atoms with Crippen LogP contribution in [-0.2, 0) is 11.3 Å². The van der Waals surface area contributed by atoms with Crippen LogP contribution in [0.3, 0.4) is 0 Å². The smallest absolute Gasteiger partial charge is 0.255 e. The van der Waals surface area contributed by atoms with E-state index in [4.69, 9.17) is 10.5 Å². The highest BCUT2D eigenvalue weighted by atomic mass is 16.5. The van der Waals surface area contributed by atoms with Gasteiger partial charge >= 0.3 is 0 Å². The number of hydrazone groups is 1. The van der Waals surface area contributed by atoms with Crippen molar-refractivity contribution in [3.8, 4) is 0 Å². The van der Waals surface area contributed by atoms with E-state index in [0.717, 1.165) is 17.7 Å². The van der Waals surface area contributed by atoms with Gasteiger partial charge in [0.05, 0.1) is 24.3 Å². The molecule has 158 valence electrons. The zero-order valence-corrected chi connectivity index (χ0v) is 17.3. The summed E-state index contributed by atoms with van der Waals surface area (Å²) in [5.74, 6) is 0.0961. The molecule has 8 heteroatoms. The third-order valence-corrected chi connectivity index (χ3v) is 5.58. The maximum atomic E-state index is 13.0. The number of nitrogens with two attached hydrogens (primary N) is 1. The molecular weight excluding hydrogens is 380 g/mol. The second kappa shape index (κ2) is 8.81. The van der Waals surface area contributed by atoms with Gasteiger partial charge in [-0.25, -0.2) is 4.98 Å². The highest BCUT2D eigenvalue weighted by Crippen LogP contribution is 2.22. The monoisotopic (exact) mass is 408 g/mol. The van der Waals surface area contributed by atoms with Gasteiger partial charge in [-0.05, 0) is 24.1 Å². The van der Waals surface area contributed by atoms with Crippen LogP contribution in [0.1, 0.15) is 33.0 Å². The number of likely N-dealkylation sites (N-methyl/N-ethyl adjacent to an activating group) is 1. The van der Waals surface area contributed by atoms with Gasteiger partial charge in [-0.2, -0.15) is 5.10 Å². The number of aryl methyl sites for hydroxylation is 1. The van der Waals surface area contributed by atoms with E-state index < -0.39 is 0 Å². The van der Waals surface area contributed by atoms with Crippen LogP contribution in [-0.4, -0.2) is 60.9 Å². The van der Waals surface area contributed by atoms with Crippen molar-refractivity contribution in [2.75, 3.05) is 32.4 Å². The summed E-state index contributed by atoms with van der Waals surface area (Å²) < 4.78 is 6.08. The topological polar surface area (TPSA) is 105 Å². The Balaban J connectivity index is 1.40. The first-order chi connectivity index (χ1) is 14.5. The van der Waals surface area contributed by atoms with Crippen molar-refractivity contribution in [1.29, 1.82) is 0 Å². The number of pyridine rings is 1. The lowest BCUT2D eigenvalue weighted by atomic mass is 10.0. The number of hydrogen-bond donors (Lipinski definition) is 3. The van der Waals surface area contributed by atoms with Gasteiger partial charge in [-0.3, -0.25) is 9.80 Å². The highest BCUT2D eigenvalue weighted by Gasteiger charge is 2.30. The predicted octanol–water partition coefficient (Wildman–Crippen LogP) is 1.27. The highest BCUT2D eigenvalue weighted by molar-refractivity contribution is 5.98. The van der Waals surface area contributed by atoms with Crippen LogP contribution in [0.2, 0.25) is 0 Å². The number of anilines is 1. The molecule has 2 aliphatic rings. The standard InChI is InChI=1S/C22H28N6O2/c1-14-3-5-15(6-4-14)13-30-20-11-24-10-19(20)27-22(29)18-7-16(8-25-21(18)23)17-9-26-28(2)12-17/h3-9,17,19-20,24H,10-13H2,1-2H3,(H2,23,25)(H,27,29)/t17?,19-,20-/m0/s1. The molecule has 1 amide bonds. The fraction of sp³-hybridized carbons (Fsp3) is 0.409. The van der Waals surface area contributed by atoms with Gasteiger partial charge in [-0.1, -0.05) is 29.8 Å². The van der Waals surface area contributed by atoms with Crippen LogP contribution in [0.4, 0.5) is 5.82 Å². The normalized spacial score (nSPS) is 23.1. The second-order valence-corrected chi connectivity index (χ2v) is 7.99. The van der Waals surface area contributed by atoms with Gasteiger partial charge in [0.15, 0.2) is 0 Å². The maximum absolute atomic E-state index is 13.0. The first-order valence-electron chi connectivity index (χ1n) is 10.2. The summed E-state index contributed by atoms with van der Waals surface area (Å²) >= 11 is 0. The molecule has 0 spiro atoms. The first-order valence-corrected chi connectivity index (χ1v) is 10.2. The van der Waals surface area contributed by atoms with Crippen LogP contribution in [0.5, 0.6) is 0 Å². The van der Waals surface area contributed by atoms with Gasteiger partial charge in [0.2, 0.25) is 0 Å². The number of benzene rings is 1. The molecule has 8 nitrogen and oxygen atoms in total. The van der Waals surface area contributed by atoms with Crippen molar-refractivity contribution in [2.45, 2.75) is 31.6 Å². The Morgan fingerprint density at radius 3 is 2.87 bits per heavy atom. The summed E-state index contributed by atoms with van der Waals surface area (Å²) in [6.07, 6.45) is 3.47. The number of rotatable bonds is 6. The molecule has 1 fully saturated rings. The Hall–Kier alpha value is -2.97. The molecule has 2 aliphatic heterocycles. The van der Waals surface area contributed by atoms with Gasteiger partial charge in [0.1, 0.15) is 5.82 Å². The SMILES string of the molecule is Cc1ccc(CO[C@H]2CNC[C@@H]2NC(=O)c2cc(C3C=NN(C)C3)cnc2N)cc1. The number of amides is 1. The van der Waals surface area contributed by atoms with E-state index in [1.54, 1.807) is 6.20 Å². The van der Waals surface area contributed by atoms with E-state index >= 15 is 0 Å².